The van der Waals surface area contributed by atoms with E-state index in [0.717, 1.165) is 11.3 Å². The summed E-state index contributed by atoms with van der Waals surface area (Å²) in [5, 5.41) is 1.75. The molecular weight excluding hydrogens is 470 g/mol. The average Bonchev–Trinajstić information content (AvgIpc) is 3.23. The zero-order chi connectivity index (χ0) is 23.7. The summed E-state index contributed by atoms with van der Waals surface area (Å²) < 4.78 is 12.8. The number of methoxy groups -OCH3 is 1. The molecule has 0 bridgehead atoms. The Morgan fingerprint density at radius 2 is 1.82 bits per heavy atom. The lowest BCUT2D eigenvalue weighted by Gasteiger charge is -2.13. The van der Waals surface area contributed by atoms with Crippen molar-refractivity contribution in [2.45, 2.75) is 17.8 Å². The van der Waals surface area contributed by atoms with Gasteiger partial charge in [0.05, 0.1) is 29.4 Å². The lowest BCUT2D eigenvalue weighted by Crippen LogP contribution is -2.21. The molecule has 170 valence electrons. The Balaban J connectivity index is 1.53. The van der Waals surface area contributed by atoms with Gasteiger partial charge < -0.3 is 9.15 Å². The number of rotatable bonds is 6. The van der Waals surface area contributed by atoms with Crippen molar-refractivity contribution >= 4 is 34.3 Å². The van der Waals surface area contributed by atoms with Crippen molar-refractivity contribution in [1.29, 1.82) is 0 Å². The predicted octanol–water partition coefficient (Wildman–Crippen LogP) is 6.30. The first-order valence-corrected chi connectivity index (χ1v) is 11.9. The van der Waals surface area contributed by atoms with Gasteiger partial charge in [-0.1, -0.05) is 41.6 Å². The van der Waals surface area contributed by atoms with Gasteiger partial charge in [-0.15, -0.1) is 0 Å². The average molecular weight is 490 g/mol. The zero-order valence-electron chi connectivity index (χ0n) is 18.5. The number of para-hydroxylation sites is 1. The van der Waals surface area contributed by atoms with Gasteiger partial charge in [0.15, 0.2) is 5.16 Å². The second-order valence-electron chi connectivity index (χ2n) is 7.57. The van der Waals surface area contributed by atoms with E-state index in [4.69, 9.17) is 25.7 Å². The van der Waals surface area contributed by atoms with Crippen LogP contribution in [0.5, 0.6) is 5.75 Å². The summed E-state index contributed by atoms with van der Waals surface area (Å²) in [4.78, 5) is 22.9. The smallest absolute Gasteiger partial charge is 0.266 e. The molecule has 0 N–H and O–H groups in total. The van der Waals surface area contributed by atoms with Gasteiger partial charge in [-0.3, -0.25) is 9.36 Å². The lowest BCUT2D eigenvalue weighted by atomic mass is 10.2. The Kier molecular flexibility index (Phi) is 6.13. The van der Waals surface area contributed by atoms with Crippen molar-refractivity contribution in [1.82, 2.24) is 14.5 Å². The Morgan fingerprint density at radius 1 is 1.03 bits per heavy atom. The molecule has 0 atom stereocenters. The molecule has 0 saturated carbocycles. The number of aryl methyl sites for hydroxylation is 1. The first-order valence-electron chi connectivity index (χ1n) is 10.5. The maximum atomic E-state index is 13.4. The van der Waals surface area contributed by atoms with Gasteiger partial charge in [0.25, 0.3) is 5.56 Å². The van der Waals surface area contributed by atoms with Crippen molar-refractivity contribution in [2.24, 2.45) is 0 Å². The van der Waals surface area contributed by atoms with E-state index < -0.39 is 0 Å². The maximum absolute atomic E-state index is 13.4. The molecule has 0 aliphatic heterocycles. The molecule has 0 aliphatic carbocycles. The van der Waals surface area contributed by atoms with Crippen LogP contribution in [0.4, 0.5) is 0 Å². The second kappa shape index (κ2) is 9.37. The summed E-state index contributed by atoms with van der Waals surface area (Å²) >= 11 is 7.55. The largest absolute Gasteiger partial charge is 0.497 e. The first kappa shape index (κ1) is 22.3. The van der Waals surface area contributed by atoms with Crippen LogP contribution in [0.2, 0.25) is 5.02 Å². The van der Waals surface area contributed by atoms with E-state index in [9.17, 15) is 4.79 Å². The standard InChI is InChI=1S/C26H20ClN3O3S/c1-16-23(28-24(33-16)17-6-5-7-18(27)14-17)15-34-26-29-22-9-4-3-8-21(22)25(31)30(26)19-10-12-20(32-2)13-11-19/h3-14H,15H2,1-2H3. The van der Waals surface area contributed by atoms with Crippen LogP contribution < -0.4 is 10.3 Å². The van der Waals surface area contributed by atoms with Crippen LogP contribution in [0.25, 0.3) is 28.0 Å². The van der Waals surface area contributed by atoms with E-state index in [1.807, 2.05) is 67.6 Å². The number of hydrogen-bond acceptors (Lipinski definition) is 6. The number of aromatic nitrogens is 3. The molecule has 0 unspecified atom stereocenters. The lowest BCUT2D eigenvalue weighted by molar-refractivity contribution is 0.414. The number of benzene rings is 3. The van der Waals surface area contributed by atoms with Crippen molar-refractivity contribution in [3.05, 3.63) is 99.6 Å². The molecule has 34 heavy (non-hydrogen) atoms. The predicted molar refractivity (Wildman–Crippen MR) is 135 cm³/mol. The summed E-state index contributed by atoms with van der Waals surface area (Å²) in [6, 6.07) is 22.1. The van der Waals surface area contributed by atoms with Crippen LogP contribution in [-0.2, 0) is 5.75 Å². The fraction of sp³-hybridized carbons (Fsp3) is 0.115. The van der Waals surface area contributed by atoms with Gasteiger partial charge in [-0.2, -0.15) is 0 Å². The number of halogens is 1. The van der Waals surface area contributed by atoms with Gasteiger partial charge in [-0.25, -0.2) is 9.97 Å². The van der Waals surface area contributed by atoms with Crippen LogP contribution in [0, 0.1) is 6.92 Å². The number of thioether (sulfide) groups is 1. The highest BCUT2D eigenvalue weighted by Crippen LogP contribution is 2.29. The third kappa shape index (κ3) is 4.32. The van der Waals surface area contributed by atoms with Gasteiger partial charge in [0, 0.05) is 16.3 Å². The number of nitrogens with zero attached hydrogens (tertiary/aromatic N) is 3. The second-order valence-corrected chi connectivity index (χ2v) is 8.95. The van der Waals surface area contributed by atoms with Crippen molar-refractivity contribution in [2.75, 3.05) is 7.11 Å². The van der Waals surface area contributed by atoms with Gasteiger partial charge >= 0.3 is 0 Å². The topological polar surface area (TPSA) is 70.2 Å². The SMILES string of the molecule is COc1ccc(-n2c(SCc3nc(-c4cccc(Cl)c4)oc3C)nc3ccccc3c2=O)cc1. The highest BCUT2D eigenvalue weighted by atomic mass is 35.5. The minimum absolute atomic E-state index is 0.130. The van der Waals surface area contributed by atoms with Crippen molar-refractivity contribution in [3.63, 3.8) is 0 Å². The third-order valence-electron chi connectivity index (χ3n) is 5.38. The Bertz CT molecular complexity index is 1540. The monoisotopic (exact) mass is 489 g/mol. The van der Waals surface area contributed by atoms with Crippen LogP contribution in [0.1, 0.15) is 11.5 Å². The highest BCUT2D eigenvalue weighted by Gasteiger charge is 2.17. The number of oxazole rings is 1. The van der Waals surface area contributed by atoms with Crippen molar-refractivity contribution < 1.29 is 9.15 Å². The summed E-state index contributed by atoms with van der Waals surface area (Å²) in [6.07, 6.45) is 0. The number of ether oxygens (including phenoxy) is 1. The quantitative estimate of drug-likeness (QED) is 0.206. The van der Waals surface area contributed by atoms with Crippen LogP contribution in [0.15, 0.2) is 87.2 Å². The normalized spacial score (nSPS) is 11.1. The fourth-order valence-corrected chi connectivity index (χ4v) is 4.81. The van der Waals surface area contributed by atoms with E-state index in [1.165, 1.54) is 11.8 Å². The van der Waals surface area contributed by atoms with Gasteiger partial charge in [-0.05, 0) is 61.5 Å². The summed E-state index contributed by atoms with van der Waals surface area (Å²) in [7, 11) is 1.61. The molecular formula is C26H20ClN3O3S. The van der Waals surface area contributed by atoms with Crippen LogP contribution in [0.3, 0.4) is 0 Å². The summed E-state index contributed by atoms with van der Waals surface area (Å²) in [5.41, 5.74) is 2.82. The molecule has 2 aromatic heterocycles. The van der Waals surface area contributed by atoms with E-state index in [2.05, 4.69) is 4.98 Å². The van der Waals surface area contributed by atoms with Gasteiger partial charge in [0.1, 0.15) is 11.5 Å². The first-order chi connectivity index (χ1) is 16.5. The third-order valence-corrected chi connectivity index (χ3v) is 6.56. The highest BCUT2D eigenvalue weighted by molar-refractivity contribution is 7.98. The molecule has 0 amide bonds. The molecule has 2 heterocycles. The van der Waals surface area contributed by atoms with Crippen LogP contribution >= 0.6 is 23.4 Å². The number of hydrogen-bond donors (Lipinski definition) is 0. The molecule has 5 aromatic rings. The zero-order valence-corrected chi connectivity index (χ0v) is 20.1. The van der Waals surface area contributed by atoms with Gasteiger partial charge in [0.2, 0.25) is 5.89 Å². The summed E-state index contributed by atoms with van der Waals surface area (Å²) in [5.74, 6) is 2.42. The van der Waals surface area contributed by atoms with E-state index in [1.54, 1.807) is 23.8 Å². The minimum atomic E-state index is -0.130. The maximum Gasteiger partial charge on any atom is 0.266 e. The van der Waals surface area contributed by atoms with E-state index in [0.29, 0.717) is 49.9 Å². The molecule has 0 fully saturated rings. The summed E-state index contributed by atoms with van der Waals surface area (Å²) in [6.45, 7) is 1.88. The molecule has 5 rings (SSSR count). The molecule has 0 spiro atoms. The molecule has 6 nitrogen and oxygen atoms in total. The molecule has 0 saturated heterocycles. The molecule has 8 heteroatoms. The van der Waals surface area contributed by atoms with E-state index in [-0.39, 0.29) is 5.56 Å². The molecule has 3 aromatic carbocycles. The Hall–Kier alpha value is -3.55. The number of fused-ring (bicyclic) bond motifs is 1. The Morgan fingerprint density at radius 3 is 2.59 bits per heavy atom. The van der Waals surface area contributed by atoms with E-state index >= 15 is 0 Å². The fourth-order valence-electron chi connectivity index (χ4n) is 3.61. The molecule has 0 radical (unpaired) electrons. The molecule has 0 aliphatic rings. The van der Waals surface area contributed by atoms with Crippen LogP contribution in [-0.4, -0.2) is 21.6 Å². The Labute approximate surface area is 205 Å². The minimum Gasteiger partial charge on any atom is -0.497 e. The van der Waals surface area contributed by atoms with Crippen molar-refractivity contribution in [3.8, 4) is 22.9 Å².